The summed E-state index contributed by atoms with van der Waals surface area (Å²) in [5.74, 6) is 0.833. The third-order valence-corrected chi connectivity index (χ3v) is 17.8. The molecule has 0 spiro atoms. The molecular formula is C71H122N8O21P2S. The molecule has 4 aromatic rings. The van der Waals surface area contributed by atoms with Gasteiger partial charge in [0.15, 0.2) is 0 Å². The Bertz CT molecular complexity index is 3990. The van der Waals surface area contributed by atoms with Crippen molar-refractivity contribution in [2.75, 3.05) is 0 Å². The minimum Gasteiger partial charge on any atom is -0.370 e. The maximum Gasteiger partial charge on any atom is 0.469 e. The molecule has 7 N–H and O–H groups in total. The van der Waals surface area contributed by atoms with Crippen LogP contribution >= 0.6 is 14.5 Å². The van der Waals surface area contributed by atoms with E-state index >= 15 is 0 Å². The summed E-state index contributed by atoms with van der Waals surface area (Å²) in [6, 6.07) is 1.33. The highest BCUT2D eigenvalue weighted by Crippen LogP contribution is 2.53. The van der Waals surface area contributed by atoms with Gasteiger partial charge in [-0.3, -0.25) is 61.9 Å². The van der Waals surface area contributed by atoms with Gasteiger partial charge >= 0.3 is 37.3 Å². The molecule has 0 bridgehead atoms. The Morgan fingerprint density at radius 2 is 0.709 bits per heavy atom. The number of rotatable bonds is 15. The van der Waals surface area contributed by atoms with E-state index in [0.717, 1.165) is 18.8 Å². The van der Waals surface area contributed by atoms with Crippen molar-refractivity contribution >= 4 is 26.3 Å². The summed E-state index contributed by atoms with van der Waals surface area (Å²) in [5.41, 5.74) is -3.80. The fourth-order valence-electron chi connectivity index (χ4n) is 11.8. The zero-order valence-electron chi connectivity index (χ0n) is 65.8. The van der Waals surface area contributed by atoms with E-state index in [1.54, 1.807) is 47.7 Å². The molecule has 29 nitrogen and oxygen atoms in total. The maximum absolute atomic E-state index is 12.2. The highest BCUT2D eigenvalue weighted by molar-refractivity contribution is 8.07. The van der Waals surface area contributed by atoms with Crippen molar-refractivity contribution in [3.8, 4) is 0 Å². The second-order valence-electron chi connectivity index (χ2n) is 35.7. The van der Waals surface area contributed by atoms with Crippen molar-refractivity contribution in [2.24, 2.45) is 27.6 Å². The number of nitrogens with one attached hydrogen (secondary N) is 4. The number of aryl methyl sites for hydroxylation is 3. The van der Waals surface area contributed by atoms with Gasteiger partial charge in [-0.25, -0.2) is 23.7 Å². The molecule has 8 rings (SSSR count). The van der Waals surface area contributed by atoms with Crippen LogP contribution in [0.4, 0.5) is 0 Å². The van der Waals surface area contributed by atoms with Gasteiger partial charge in [0.1, 0.15) is 24.9 Å². The van der Waals surface area contributed by atoms with Crippen LogP contribution in [-0.4, -0.2) is 119 Å². The summed E-state index contributed by atoms with van der Waals surface area (Å²) in [4.78, 5) is 132. The number of aromatic amines is 4. The molecule has 0 aromatic carbocycles. The molecule has 0 saturated carbocycles. The number of hydrogen-bond donors (Lipinski definition) is 7. The van der Waals surface area contributed by atoms with Crippen molar-refractivity contribution in [3.05, 3.63) is 131 Å². The zero-order chi connectivity index (χ0) is 79.1. The van der Waals surface area contributed by atoms with E-state index in [2.05, 4.69) is 103 Å². The van der Waals surface area contributed by atoms with Crippen molar-refractivity contribution in [1.82, 2.24) is 38.2 Å². The number of nitrogens with zero attached hydrogens (tertiary/aromatic N) is 4. The minimum atomic E-state index is -4.69. The molecule has 588 valence electrons. The van der Waals surface area contributed by atoms with Crippen LogP contribution in [0.1, 0.15) is 259 Å². The minimum absolute atomic E-state index is 0.0735. The average Bonchev–Trinajstić information content (AvgIpc) is 1.68. The molecule has 1 unspecified atom stereocenters. The first-order valence-electron chi connectivity index (χ1n) is 35.2. The Kier molecular flexibility index (Phi) is 31.1. The van der Waals surface area contributed by atoms with Crippen LogP contribution in [-0.2, 0) is 58.4 Å². The number of ether oxygens (including phenoxy) is 6. The Labute approximate surface area is 610 Å². The molecule has 32 heteroatoms. The molecule has 4 aliphatic heterocycles. The summed E-state index contributed by atoms with van der Waals surface area (Å²) in [6.07, 6.45) is 5.32. The first kappa shape index (κ1) is 90.5. The topological polar surface area (TPSA) is 380 Å². The molecule has 4 aliphatic rings. The molecule has 0 amide bonds. The van der Waals surface area contributed by atoms with Gasteiger partial charge in [0.05, 0.1) is 65.6 Å². The van der Waals surface area contributed by atoms with Crippen molar-refractivity contribution in [2.45, 2.75) is 329 Å². The Morgan fingerprint density at radius 3 is 0.971 bits per heavy atom. The van der Waals surface area contributed by atoms with E-state index in [0.29, 0.717) is 48.8 Å². The summed E-state index contributed by atoms with van der Waals surface area (Å²) >= 11 is 5.19. The van der Waals surface area contributed by atoms with Gasteiger partial charge in [0.25, 0.3) is 22.2 Å². The van der Waals surface area contributed by atoms with Gasteiger partial charge in [-0.05, 0) is 148 Å². The second kappa shape index (κ2) is 35.4. The molecule has 8 heterocycles. The lowest BCUT2D eigenvalue weighted by molar-refractivity contribution is -0.102. The van der Waals surface area contributed by atoms with E-state index in [9.17, 15) is 47.8 Å². The second-order valence-corrected chi connectivity index (χ2v) is 39.6. The third-order valence-electron chi connectivity index (χ3n) is 15.4. The normalized spacial score (nSPS) is 24.8. The molecule has 0 aliphatic carbocycles. The standard InChI is InChI=1S/C18H31N2O6PS.C18H30N2O4.C17H28N2O4.C14H23N2O7P.C4H10/c1-11-10-20(16(22)19-15(11)21)14-8-12(13(24-14)9-17(2,3)4)25-27(23,28)26-18(5,6)7;1-11-10-20(16(22)19-15(11)21)14-8-12(24-18(5,6)7)13(23-14)9-17(2,3)4;1-16(2,3)10-12-11(23-17(4,5)6)9-14(22-12)19-8-7-13(20)18-15(19)21;1-8-7-16(13(18)15-12(8)17)11-5-9(23-24(19,20)21)10(22-11)6-14(2,3)4;1-4(2)3/h10,12-14H,8-9H2,1-7H3,(H,23,28)(H,19,21,22);10,12-14H,8-9H2,1-7H3,(H,19,21,22);7-8,11-12,14H,9-10H2,1-6H3,(H,18,20,21);7,9-11H,5-6H2,1-4H3,(H,15,17,18)(H2,19,20,21);4H,1-3H3/t12-,13-,14-,27?;12-,13-,14-;11-,12-,14-;9-,10-,11-;/m1111./s1. The first-order chi connectivity index (χ1) is 46.4. The SMILES string of the molecule is CC(C)(C)C[C@H]1O[C@@H](n2ccc(=O)[nH]c2=O)C[C@H]1OC(C)(C)C.CC(C)C.Cc1cn([C@H]2C[C@@H](OC(C)(C)C)[C@@H](CC(C)(C)C)O2)c(=O)[nH]c1=O.Cc1cn([C@H]2C[C@@H](OP(=O)(O)O)[C@@H](CC(C)(C)C)O2)c(=O)[nH]c1=O.Cc1cn([C@H]2C[C@@H](OP(O)(=S)OC(C)(C)C)[C@@H](CC(C)(C)C)O2)c(=O)[nH]c1=O. The van der Waals surface area contributed by atoms with Crippen molar-refractivity contribution in [3.63, 3.8) is 0 Å². The van der Waals surface area contributed by atoms with Crippen LogP contribution < -0.4 is 45.0 Å². The van der Waals surface area contributed by atoms with Crippen LogP contribution in [0.5, 0.6) is 0 Å². The van der Waals surface area contributed by atoms with Crippen LogP contribution in [0.2, 0.25) is 0 Å². The Balaban J connectivity index is 0.000000286. The number of aromatic nitrogens is 8. The van der Waals surface area contributed by atoms with E-state index in [4.69, 9.17) is 63.6 Å². The third kappa shape index (κ3) is 31.8. The number of phosphoric acid groups is 1. The van der Waals surface area contributed by atoms with Crippen molar-refractivity contribution < 1.29 is 61.2 Å². The number of hydrogen-bond acceptors (Lipinski definition) is 19. The molecule has 4 saturated heterocycles. The van der Waals surface area contributed by atoms with Gasteiger partial charge in [-0.2, -0.15) is 0 Å². The summed E-state index contributed by atoms with van der Waals surface area (Å²) in [7, 11) is -4.69. The predicted molar refractivity (Wildman–Crippen MR) is 399 cm³/mol. The molecule has 4 aromatic heterocycles. The molecule has 0 radical (unpaired) electrons. The molecule has 4 fully saturated rings. The van der Waals surface area contributed by atoms with Gasteiger partial charge in [0, 0.05) is 73.2 Å². The Hall–Kier alpha value is -4.88. The summed E-state index contributed by atoms with van der Waals surface area (Å²) in [5, 5.41) is 0. The Morgan fingerprint density at radius 1 is 0.447 bits per heavy atom. The maximum atomic E-state index is 12.2. The number of H-pyrrole nitrogens is 4. The monoisotopic (exact) mass is 1520 g/mol. The fraction of sp³-hybridized carbons (Fsp3) is 0.775. The van der Waals surface area contributed by atoms with Gasteiger partial charge in [0.2, 0.25) is 0 Å². The number of phosphoric ester groups is 1. The lowest BCUT2D eigenvalue weighted by Crippen LogP contribution is -2.35. The summed E-state index contributed by atoms with van der Waals surface area (Å²) < 4.78 is 69.5. The first-order valence-corrected chi connectivity index (χ1v) is 39.3. The van der Waals surface area contributed by atoms with Crippen LogP contribution in [0.15, 0.2) is 69.2 Å². The highest BCUT2D eigenvalue weighted by atomic mass is 32.5. The van der Waals surface area contributed by atoms with Gasteiger partial charge in [-0.15, -0.1) is 0 Å². The van der Waals surface area contributed by atoms with Crippen LogP contribution in [0.3, 0.4) is 0 Å². The largest absolute Gasteiger partial charge is 0.469 e. The van der Waals surface area contributed by atoms with Gasteiger partial charge in [-0.1, -0.05) is 104 Å². The van der Waals surface area contributed by atoms with Crippen LogP contribution in [0.25, 0.3) is 0 Å². The summed E-state index contributed by atoms with van der Waals surface area (Å²) in [6.45, 7) is 50.4. The predicted octanol–water partition coefficient (Wildman–Crippen LogP) is 10.9. The molecular weight excluding hydrogens is 1390 g/mol. The average molecular weight is 1520 g/mol. The molecule has 103 heavy (non-hydrogen) atoms. The van der Waals surface area contributed by atoms with Gasteiger partial charge < -0.3 is 52.1 Å². The van der Waals surface area contributed by atoms with E-state index in [1.165, 1.54) is 42.9 Å². The van der Waals surface area contributed by atoms with Crippen molar-refractivity contribution in [1.29, 1.82) is 0 Å². The van der Waals surface area contributed by atoms with E-state index < -0.39 is 103 Å². The molecule has 13 atom stereocenters. The van der Waals surface area contributed by atoms with E-state index in [-0.39, 0.29) is 75.4 Å². The highest BCUT2D eigenvalue weighted by Gasteiger charge is 2.46. The lowest BCUT2D eigenvalue weighted by atomic mass is 9.87. The van der Waals surface area contributed by atoms with E-state index in [1.807, 2.05) is 62.3 Å². The lowest BCUT2D eigenvalue weighted by Gasteiger charge is -2.31. The fourth-order valence-corrected chi connectivity index (χ4v) is 14.7. The zero-order valence-corrected chi connectivity index (χ0v) is 68.4. The smallest absolute Gasteiger partial charge is 0.370 e. The quantitative estimate of drug-likeness (QED) is 0.0544. The van der Waals surface area contributed by atoms with Crippen LogP contribution in [0, 0.1) is 48.3 Å².